The van der Waals surface area contributed by atoms with Crippen LogP contribution in [0.3, 0.4) is 0 Å². The van der Waals surface area contributed by atoms with E-state index in [1.165, 1.54) is 0 Å². The molecule has 35 heavy (non-hydrogen) atoms. The number of benzene rings is 2. The number of nitrogens with one attached hydrogen (secondary N) is 2. The monoisotopic (exact) mass is 493 g/mol. The number of halogens is 1. The van der Waals surface area contributed by atoms with Gasteiger partial charge in [0.05, 0.1) is 12.1 Å². The zero-order valence-corrected chi connectivity index (χ0v) is 21.6. The van der Waals surface area contributed by atoms with Crippen molar-refractivity contribution in [2.24, 2.45) is 0 Å². The molecule has 1 aliphatic heterocycles. The van der Waals surface area contributed by atoms with Gasteiger partial charge in [0.15, 0.2) is 0 Å². The summed E-state index contributed by atoms with van der Waals surface area (Å²) in [5.74, 6) is 1.62. The molecule has 7 heteroatoms. The zero-order chi connectivity index (χ0) is 25.2. The van der Waals surface area contributed by atoms with Crippen molar-refractivity contribution >= 4 is 17.5 Å². The van der Waals surface area contributed by atoms with Crippen molar-refractivity contribution in [2.45, 2.75) is 57.7 Å². The van der Waals surface area contributed by atoms with E-state index in [0.29, 0.717) is 27.8 Å². The fourth-order valence-corrected chi connectivity index (χ4v) is 5.30. The van der Waals surface area contributed by atoms with Gasteiger partial charge in [0.25, 0.3) is 5.91 Å². The van der Waals surface area contributed by atoms with Crippen LogP contribution in [0.4, 0.5) is 0 Å². The van der Waals surface area contributed by atoms with Crippen LogP contribution in [0.1, 0.15) is 50.9 Å². The Morgan fingerprint density at radius 2 is 1.71 bits per heavy atom. The molecule has 0 atom stereocenters. The maximum Gasteiger partial charge on any atom is 0.251 e. The molecule has 0 aliphatic carbocycles. The van der Waals surface area contributed by atoms with Gasteiger partial charge in [-0.1, -0.05) is 29.8 Å². The lowest BCUT2D eigenvalue weighted by Crippen LogP contribution is -2.62. The summed E-state index contributed by atoms with van der Waals surface area (Å²) in [7, 11) is 1.62. The first-order valence-electron chi connectivity index (χ1n) is 11.7. The Balaban J connectivity index is 1.53. The van der Waals surface area contributed by atoms with Crippen molar-refractivity contribution in [3.05, 3.63) is 71.5 Å². The van der Waals surface area contributed by atoms with Crippen molar-refractivity contribution in [3.8, 4) is 28.4 Å². The van der Waals surface area contributed by atoms with E-state index in [2.05, 4.69) is 43.3 Å². The van der Waals surface area contributed by atoms with Crippen molar-refractivity contribution in [1.29, 1.82) is 0 Å². The van der Waals surface area contributed by atoms with Crippen LogP contribution in [-0.4, -0.2) is 35.1 Å². The average Bonchev–Trinajstić information content (AvgIpc) is 2.78. The predicted octanol–water partition coefficient (Wildman–Crippen LogP) is 6.24. The smallest absolute Gasteiger partial charge is 0.251 e. The van der Waals surface area contributed by atoms with Crippen LogP contribution < -0.4 is 20.1 Å². The van der Waals surface area contributed by atoms with Gasteiger partial charge in [0.1, 0.15) is 17.2 Å². The number of para-hydroxylation sites is 1. The Morgan fingerprint density at radius 3 is 2.40 bits per heavy atom. The van der Waals surface area contributed by atoms with E-state index in [1.54, 1.807) is 43.8 Å². The molecular formula is C28H32ClN3O3. The minimum Gasteiger partial charge on any atom is -0.496 e. The number of pyridine rings is 1. The number of piperidine rings is 1. The highest BCUT2D eigenvalue weighted by molar-refractivity contribution is 6.32. The van der Waals surface area contributed by atoms with Crippen LogP contribution in [0.2, 0.25) is 5.02 Å². The molecule has 3 aromatic rings. The third-order valence-corrected chi connectivity index (χ3v) is 6.41. The molecule has 2 aromatic carbocycles. The van der Waals surface area contributed by atoms with Gasteiger partial charge in [-0.15, -0.1) is 0 Å². The molecule has 1 amide bonds. The highest BCUT2D eigenvalue weighted by Crippen LogP contribution is 2.39. The molecule has 0 unspecified atom stereocenters. The van der Waals surface area contributed by atoms with Gasteiger partial charge < -0.3 is 20.1 Å². The third-order valence-electron chi connectivity index (χ3n) is 6.12. The zero-order valence-electron chi connectivity index (χ0n) is 20.8. The van der Waals surface area contributed by atoms with E-state index in [4.69, 9.17) is 21.1 Å². The summed E-state index contributed by atoms with van der Waals surface area (Å²) in [4.78, 5) is 17.2. The van der Waals surface area contributed by atoms with Crippen molar-refractivity contribution in [3.63, 3.8) is 0 Å². The number of nitrogens with zero attached hydrogens (tertiary/aromatic N) is 1. The Hall–Kier alpha value is -3.09. The summed E-state index contributed by atoms with van der Waals surface area (Å²) >= 11 is 6.56. The molecule has 184 valence electrons. The molecule has 6 nitrogen and oxygen atoms in total. The predicted molar refractivity (Wildman–Crippen MR) is 140 cm³/mol. The Kier molecular flexibility index (Phi) is 7.06. The van der Waals surface area contributed by atoms with Gasteiger partial charge >= 0.3 is 0 Å². The van der Waals surface area contributed by atoms with E-state index >= 15 is 0 Å². The van der Waals surface area contributed by atoms with Crippen LogP contribution in [-0.2, 0) is 0 Å². The first-order chi connectivity index (χ1) is 16.6. The summed E-state index contributed by atoms with van der Waals surface area (Å²) < 4.78 is 11.7. The lowest BCUT2D eigenvalue weighted by molar-refractivity contribution is 0.0873. The van der Waals surface area contributed by atoms with Gasteiger partial charge in [-0.3, -0.25) is 9.78 Å². The summed E-state index contributed by atoms with van der Waals surface area (Å²) in [6.45, 7) is 8.65. The standard InChI is InChI=1S/C28H32ClN3O3/c1-27(2)15-19(16-28(3,4)32-27)31-26(33)18-10-11-25(22(29)14-18)35-24-9-7-6-8-20(24)21-17-30-13-12-23(21)34-5/h6-14,17,19,32H,15-16H2,1-5H3,(H,31,33). The molecule has 1 aliphatic rings. The molecule has 0 bridgehead atoms. The summed E-state index contributed by atoms with van der Waals surface area (Å²) in [5.41, 5.74) is 2.02. The molecule has 0 radical (unpaired) electrons. The quantitative estimate of drug-likeness (QED) is 0.425. The Morgan fingerprint density at radius 1 is 1.00 bits per heavy atom. The number of hydrogen-bond donors (Lipinski definition) is 2. The number of methoxy groups -OCH3 is 1. The fraction of sp³-hybridized carbons (Fsp3) is 0.357. The first kappa shape index (κ1) is 25.0. The minimum absolute atomic E-state index is 0.0562. The average molecular weight is 494 g/mol. The number of aromatic nitrogens is 1. The maximum absolute atomic E-state index is 13.0. The van der Waals surface area contributed by atoms with Gasteiger partial charge in [0.2, 0.25) is 0 Å². The maximum atomic E-state index is 13.0. The summed E-state index contributed by atoms with van der Waals surface area (Å²) in [6.07, 6.45) is 5.12. The van der Waals surface area contributed by atoms with E-state index in [-0.39, 0.29) is 23.0 Å². The highest BCUT2D eigenvalue weighted by Gasteiger charge is 2.38. The van der Waals surface area contributed by atoms with Gasteiger partial charge in [-0.05, 0) is 70.9 Å². The van der Waals surface area contributed by atoms with Crippen LogP contribution in [0.15, 0.2) is 60.9 Å². The fourth-order valence-electron chi connectivity index (χ4n) is 5.08. The second-order valence-corrected chi connectivity index (χ2v) is 10.7. The van der Waals surface area contributed by atoms with Gasteiger partial charge in [-0.2, -0.15) is 0 Å². The van der Waals surface area contributed by atoms with Crippen molar-refractivity contribution < 1.29 is 14.3 Å². The molecule has 1 aromatic heterocycles. The van der Waals surface area contributed by atoms with E-state index in [1.807, 2.05) is 24.3 Å². The first-order valence-corrected chi connectivity index (χ1v) is 12.1. The largest absolute Gasteiger partial charge is 0.496 e. The number of hydrogen-bond acceptors (Lipinski definition) is 5. The third kappa shape index (κ3) is 5.95. The summed E-state index contributed by atoms with van der Waals surface area (Å²) in [6, 6.07) is 14.6. The van der Waals surface area contributed by atoms with Crippen LogP contribution in [0.5, 0.6) is 17.2 Å². The SMILES string of the molecule is COc1ccncc1-c1ccccc1Oc1ccc(C(=O)NC2CC(C)(C)NC(C)(C)C2)cc1Cl. The highest BCUT2D eigenvalue weighted by atomic mass is 35.5. The normalized spacial score (nSPS) is 17.0. The van der Waals surface area contributed by atoms with E-state index in [9.17, 15) is 4.79 Å². The second-order valence-electron chi connectivity index (χ2n) is 10.3. The van der Waals surface area contributed by atoms with Gasteiger partial charge in [-0.25, -0.2) is 0 Å². The number of amides is 1. The van der Waals surface area contributed by atoms with Crippen LogP contribution >= 0.6 is 11.6 Å². The lowest BCUT2D eigenvalue weighted by Gasteiger charge is -2.46. The topological polar surface area (TPSA) is 72.5 Å². The van der Waals surface area contributed by atoms with Crippen molar-refractivity contribution in [1.82, 2.24) is 15.6 Å². The lowest BCUT2D eigenvalue weighted by atomic mass is 9.79. The molecule has 2 N–H and O–H groups in total. The second kappa shape index (κ2) is 9.88. The molecule has 1 saturated heterocycles. The molecule has 4 rings (SSSR count). The number of carbonyl (C=O) groups is 1. The molecule has 1 fully saturated rings. The van der Waals surface area contributed by atoms with Gasteiger partial charge in [0, 0.05) is 46.2 Å². The molecule has 0 spiro atoms. The molecule has 0 saturated carbocycles. The Bertz CT molecular complexity index is 1210. The number of carbonyl (C=O) groups excluding carboxylic acids is 1. The number of rotatable bonds is 6. The minimum atomic E-state index is -0.141. The number of ether oxygens (including phenoxy) is 2. The summed E-state index contributed by atoms with van der Waals surface area (Å²) in [5, 5.41) is 7.18. The van der Waals surface area contributed by atoms with Crippen LogP contribution in [0, 0.1) is 0 Å². The van der Waals surface area contributed by atoms with E-state index in [0.717, 1.165) is 24.0 Å². The van der Waals surface area contributed by atoms with Crippen molar-refractivity contribution in [2.75, 3.05) is 7.11 Å². The molecule has 2 heterocycles. The Labute approximate surface area is 212 Å². The van der Waals surface area contributed by atoms with E-state index < -0.39 is 0 Å². The molecular weight excluding hydrogens is 462 g/mol. The van der Waals surface area contributed by atoms with Crippen LogP contribution in [0.25, 0.3) is 11.1 Å².